The van der Waals surface area contributed by atoms with E-state index in [1.54, 1.807) is 6.26 Å². The first-order valence-electron chi connectivity index (χ1n) is 5.29. The van der Waals surface area contributed by atoms with Crippen molar-refractivity contribution in [3.05, 3.63) is 54.1 Å². The maximum Gasteiger partial charge on any atom is 0.0498 e. The quantitative estimate of drug-likeness (QED) is 0.770. The van der Waals surface area contributed by atoms with Crippen molar-refractivity contribution in [1.82, 2.24) is 0 Å². The van der Waals surface area contributed by atoms with Gasteiger partial charge in [0.2, 0.25) is 0 Å². The van der Waals surface area contributed by atoms with Crippen LogP contribution in [0.1, 0.15) is 5.56 Å². The second kappa shape index (κ2) is 5.48. The third-order valence-electron chi connectivity index (χ3n) is 2.61. The standard InChI is InChI=1S/C14H13ClOS/c1-17(16)14-4-2-3-13(9-14)12-7-5-11(10-15)6-8-12/h2-9H,10H2,1H3. The van der Waals surface area contributed by atoms with E-state index in [9.17, 15) is 4.21 Å². The van der Waals surface area contributed by atoms with Crippen LogP contribution in [-0.2, 0) is 16.7 Å². The highest BCUT2D eigenvalue weighted by Crippen LogP contribution is 2.22. The van der Waals surface area contributed by atoms with Gasteiger partial charge in [-0.05, 0) is 28.8 Å². The Bertz CT molecular complexity index is 534. The zero-order valence-electron chi connectivity index (χ0n) is 9.52. The minimum Gasteiger partial charge on any atom is -0.255 e. The summed E-state index contributed by atoms with van der Waals surface area (Å²) in [6, 6.07) is 15.9. The molecular weight excluding hydrogens is 252 g/mol. The van der Waals surface area contributed by atoms with Crippen molar-refractivity contribution in [2.24, 2.45) is 0 Å². The molecule has 0 N–H and O–H groups in total. The molecule has 2 aromatic carbocycles. The zero-order valence-corrected chi connectivity index (χ0v) is 11.1. The van der Waals surface area contributed by atoms with Crippen LogP contribution in [0.2, 0.25) is 0 Å². The van der Waals surface area contributed by atoms with Gasteiger partial charge >= 0.3 is 0 Å². The number of rotatable bonds is 3. The van der Waals surface area contributed by atoms with Crippen LogP contribution in [0.3, 0.4) is 0 Å². The van der Waals surface area contributed by atoms with Gasteiger partial charge in [-0.2, -0.15) is 0 Å². The number of halogens is 1. The van der Waals surface area contributed by atoms with Crippen molar-refractivity contribution >= 4 is 22.4 Å². The van der Waals surface area contributed by atoms with E-state index in [-0.39, 0.29) is 0 Å². The molecule has 0 saturated heterocycles. The van der Waals surface area contributed by atoms with E-state index in [0.29, 0.717) is 5.88 Å². The Hall–Kier alpha value is -1.12. The van der Waals surface area contributed by atoms with E-state index in [2.05, 4.69) is 0 Å². The molecule has 0 fully saturated rings. The van der Waals surface area contributed by atoms with Gasteiger partial charge in [-0.1, -0.05) is 36.4 Å². The number of hydrogen-bond donors (Lipinski definition) is 0. The molecule has 88 valence electrons. The highest BCUT2D eigenvalue weighted by molar-refractivity contribution is 7.84. The number of alkyl halides is 1. The topological polar surface area (TPSA) is 17.1 Å². The Labute approximate surface area is 109 Å². The van der Waals surface area contributed by atoms with E-state index in [4.69, 9.17) is 11.6 Å². The molecule has 0 aromatic heterocycles. The summed E-state index contributed by atoms with van der Waals surface area (Å²) in [7, 11) is -0.940. The predicted octanol–water partition coefficient (Wildman–Crippen LogP) is 3.83. The monoisotopic (exact) mass is 264 g/mol. The molecule has 2 rings (SSSR count). The molecule has 0 spiro atoms. The first-order valence-corrected chi connectivity index (χ1v) is 7.39. The Balaban J connectivity index is 2.38. The summed E-state index contributed by atoms with van der Waals surface area (Å²) < 4.78 is 11.4. The van der Waals surface area contributed by atoms with Crippen LogP contribution in [0.4, 0.5) is 0 Å². The van der Waals surface area contributed by atoms with Crippen LogP contribution in [0.5, 0.6) is 0 Å². The van der Waals surface area contributed by atoms with Crippen molar-refractivity contribution in [2.45, 2.75) is 10.8 Å². The molecule has 1 atom stereocenters. The van der Waals surface area contributed by atoms with Gasteiger partial charge in [0.15, 0.2) is 0 Å². The average molecular weight is 265 g/mol. The smallest absolute Gasteiger partial charge is 0.0498 e. The fourth-order valence-corrected chi connectivity index (χ4v) is 2.38. The van der Waals surface area contributed by atoms with Crippen molar-refractivity contribution in [2.75, 3.05) is 6.26 Å². The maximum absolute atomic E-state index is 11.4. The lowest BCUT2D eigenvalue weighted by molar-refractivity contribution is 0.687. The van der Waals surface area contributed by atoms with Crippen LogP contribution >= 0.6 is 11.6 Å². The first kappa shape index (κ1) is 12.3. The van der Waals surface area contributed by atoms with Crippen molar-refractivity contribution in [1.29, 1.82) is 0 Å². The summed E-state index contributed by atoms with van der Waals surface area (Å²) in [5.74, 6) is 0.527. The molecule has 17 heavy (non-hydrogen) atoms. The molecule has 1 unspecified atom stereocenters. The fourth-order valence-electron chi connectivity index (χ4n) is 1.64. The Morgan fingerprint density at radius 1 is 1.06 bits per heavy atom. The van der Waals surface area contributed by atoms with Crippen LogP contribution in [0.15, 0.2) is 53.4 Å². The summed E-state index contributed by atoms with van der Waals surface area (Å²) in [5, 5.41) is 0. The molecule has 0 aliphatic rings. The molecule has 0 radical (unpaired) electrons. The molecule has 3 heteroatoms. The highest BCUT2D eigenvalue weighted by atomic mass is 35.5. The van der Waals surface area contributed by atoms with Crippen molar-refractivity contribution in [3.63, 3.8) is 0 Å². The Kier molecular flexibility index (Phi) is 3.97. The second-order valence-corrected chi connectivity index (χ2v) is 5.46. The highest BCUT2D eigenvalue weighted by Gasteiger charge is 2.01. The van der Waals surface area contributed by atoms with Crippen LogP contribution in [0.25, 0.3) is 11.1 Å². The lowest BCUT2D eigenvalue weighted by atomic mass is 10.0. The van der Waals surface area contributed by atoms with Gasteiger partial charge in [0.25, 0.3) is 0 Å². The van der Waals surface area contributed by atoms with E-state index in [1.165, 1.54) is 0 Å². The molecule has 1 nitrogen and oxygen atoms in total. The third kappa shape index (κ3) is 2.96. The van der Waals surface area contributed by atoms with Gasteiger partial charge < -0.3 is 0 Å². The van der Waals surface area contributed by atoms with Gasteiger partial charge in [0.05, 0.1) is 0 Å². The lowest BCUT2D eigenvalue weighted by Crippen LogP contribution is -1.88. The van der Waals surface area contributed by atoms with Crippen LogP contribution in [0, 0.1) is 0 Å². The summed E-state index contributed by atoms with van der Waals surface area (Å²) in [6.07, 6.45) is 1.69. The minimum absolute atomic E-state index is 0.527. The van der Waals surface area contributed by atoms with Gasteiger partial charge in [-0.25, -0.2) is 0 Å². The van der Waals surface area contributed by atoms with Gasteiger partial charge in [0.1, 0.15) is 0 Å². The van der Waals surface area contributed by atoms with Crippen LogP contribution in [-0.4, -0.2) is 10.5 Å². The van der Waals surface area contributed by atoms with Crippen molar-refractivity contribution in [3.8, 4) is 11.1 Å². The maximum atomic E-state index is 11.4. The zero-order chi connectivity index (χ0) is 12.3. The molecule has 0 amide bonds. The molecule has 2 aromatic rings. The lowest BCUT2D eigenvalue weighted by Gasteiger charge is -2.04. The Morgan fingerprint density at radius 2 is 1.76 bits per heavy atom. The largest absolute Gasteiger partial charge is 0.255 e. The number of benzene rings is 2. The second-order valence-electron chi connectivity index (χ2n) is 3.81. The van der Waals surface area contributed by atoms with E-state index < -0.39 is 10.8 Å². The molecular formula is C14H13ClOS. The third-order valence-corrected chi connectivity index (χ3v) is 3.83. The van der Waals surface area contributed by atoms with Crippen molar-refractivity contribution < 1.29 is 4.21 Å². The summed E-state index contributed by atoms with van der Waals surface area (Å²) in [4.78, 5) is 0.851. The first-order chi connectivity index (χ1) is 8.20. The van der Waals surface area contributed by atoms with E-state index >= 15 is 0 Å². The predicted molar refractivity (Wildman–Crippen MR) is 73.8 cm³/mol. The molecule has 0 aliphatic heterocycles. The molecule has 0 heterocycles. The minimum atomic E-state index is -0.940. The molecule has 0 bridgehead atoms. The number of hydrogen-bond acceptors (Lipinski definition) is 1. The van der Waals surface area contributed by atoms with Gasteiger partial charge in [-0.15, -0.1) is 11.6 Å². The van der Waals surface area contributed by atoms with E-state index in [1.807, 2.05) is 48.5 Å². The normalized spacial score (nSPS) is 12.4. The van der Waals surface area contributed by atoms with Gasteiger partial charge in [0, 0.05) is 27.8 Å². The fraction of sp³-hybridized carbons (Fsp3) is 0.143. The summed E-state index contributed by atoms with van der Waals surface area (Å²) in [5.41, 5.74) is 3.30. The van der Waals surface area contributed by atoms with E-state index in [0.717, 1.165) is 21.6 Å². The summed E-state index contributed by atoms with van der Waals surface area (Å²) in [6.45, 7) is 0. The molecule has 0 aliphatic carbocycles. The summed E-state index contributed by atoms with van der Waals surface area (Å²) >= 11 is 5.75. The Morgan fingerprint density at radius 3 is 2.35 bits per heavy atom. The molecule has 0 saturated carbocycles. The average Bonchev–Trinajstić information content (AvgIpc) is 2.39. The SMILES string of the molecule is CS(=O)c1cccc(-c2ccc(CCl)cc2)c1. The van der Waals surface area contributed by atoms with Gasteiger partial charge in [-0.3, -0.25) is 4.21 Å². The van der Waals surface area contributed by atoms with Crippen LogP contribution < -0.4 is 0 Å².